The van der Waals surface area contributed by atoms with E-state index in [9.17, 15) is 0 Å². The van der Waals surface area contributed by atoms with E-state index >= 15 is 0 Å². The second-order valence-electron chi connectivity index (χ2n) is 4.95. The molecule has 1 aromatic rings. The summed E-state index contributed by atoms with van der Waals surface area (Å²) in [7, 11) is 1.67. The smallest absolute Gasteiger partial charge is 0.165 e. The highest BCUT2D eigenvalue weighted by Gasteiger charge is 2.15. The highest BCUT2D eigenvalue weighted by atomic mass is 16.5. The van der Waals surface area contributed by atoms with Crippen molar-refractivity contribution < 1.29 is 4.74 Å². The molecule has 0 spiro atoms. The van der Waals surface area contributed by atoms with Gasteiger partial charge in [0.15, 0.2) is 5.82 Å². The number of rotatable bonds is 5. The van der Waals surface area contributed by atoms with Crippen LogP contribution in [-0.2, 0) is 11.3 Å². The van der Waals surface area contributed by atoms with Gasteiger partial charge in [0.25, 0.3) is 0 Å². The van der Waals surface area contributed by atoms with Gasteiger partial charge in [-0.15, -0.1) is 5.10 Å². The molecule has 1 rings (SSSR count). The fraction of sp³-hybridized carbons (Fsp3) is 0.900. The predicted molar refractivity (Wildman–Crippen MR) is 61.0 cm³/mol. The van der Waals surface area contributed by atoms with Gasteiger partial charge in [-0.2, -0.15) is 0 Å². The molecule has 0 aliphatic carbocycles. The molecule has 1 unspecified atom stereocenters. The first kappa shape index (κ1) is 13.1. The molecule has 0 radical (unpaired) electrons. The van der Waals surface area contributed by atoms with Crippen molar-refractivity contribution >= 4 is 0 Å². The Hall–Kier alpha value is -1.01. The molecular weight excluding hydrogens is 206 g/mol. The molecular formula is C10H21N5O. The molecule has 0 aromatic carbocycles. The fourth-order valence-electron chi connectivity index (χ4n) is 1.33. The monoisotopic (exact) mass is 227 g/mol. The van der Waals surface area contributed by atoms with Crippen molar-refractivity contribution in [1.82, 2.24) is 25.5 Å². The average molecular weight is 227 g/mol. The van der Waals surface area contributed by atoms with E-state index < -0.39 is 0 Å². The van der Waals surface area contributed by atoms with Crippen LogP contribution < -0.4 is 5.32 Å². The molecule has 0 fully saturated rings. The maximum absolute atomic E-state index is 5.09. The topological polar surface area (TPSA) is 64.9 Å². The van der Waals surface area contributed by atoms with Crippen LogP contribution in [0, 0.1) is 0 Å². The highest BCUT2D eigenvalue weighted by Crippen LogP contribution is 2.07. The summed E-state index contributed by atoms with van der Waals surface area (Å²) >= 11 is 0. The molecule has 1 heterocycles. The SMILES string of the molecule is COCC(C)n1nnnc1CNC(C)(C)C. The van der Waals surface area contributed by atoms with Gasteiger partial charge < -0.3 is 10.1 Å². The number of ether oxygens (including phenoxy) is 1. The Morgan fingerprint density at radius 3 is 2.69 bits per heavy atom. The third-order valence-electron chi connectivity index (χ3n) is 2.16. The zero-order chi connectivity index (χ0) is 12.2. The van der Waals surface area contributed by atoms with Gasteiger partial charge in [-0.25, -0.2) is 4.68 Å². The Balaban J connectivity index is 2.63. The molecule has 0 saturated carbocycles. The van der Waals surface area contributed by atoms with Crippen LogP contribution in [0.2, 0.25) is 0 Å². The van der Waals surface area contributed by atoms with Crippen molar-refractivity contribution in [3.63, 3.8) is 0 Å². The number of hydrogen-bond acceptors (Lipinski definition) is 5. The predicted octanol–water partition coefficient (Wildman–Crippen LogP) is 0.769. The largest absolute Gasteiger partial charge is 0.382 e. The standard InChI is InChI=1S/C10H21N5O/c1-8(7-16-5)15-9(12-13-14-15)6-11-10(2,3)4/h8,11H,6-7H2,1-5H3. The van der Waals surface area contributed by atoms with E-state index in [1.807, 2.05) is 6.92 Å². The van der Waals surface area contributed by atoms with Crippen LogP contribution in [0.15, 0.2) is 0 Å². The summed E-state index contributed by atoms with van der Waals surface area (Å²) in [5.74, 6) is 0.833. The second kappa shape index (κ2) is 5.36. The summed E-state index contributed by atoms with van der Waals surface area (Å²) in [5, 5.41) is 15.0. The lowest BCUT2D eigenvalue weighted by atomic mass is 10.1. The van der Waals surface area contributed by atoms with Crippen LogP contribution in [0.5, 0.6) is 0 Å². The molecule has 0 aliphatic rings. The van der Waals surface area contributed by atoms with Crippen LogP contribution in [-0.4, -0.2) is 39.5 Å². The molecule has 0 amide bonds. The summed E-state index contributed by atoms with van der Waals surface area (Å²) in [6, 6.07) is 0.150. The normalized spacial score (nSPS) is 14.1. The molecule has 1 aromatic heterocycles. The van der Waals surface area contributed by atoms with E-state index in [0.717, 1.165) is 5.82 Å². The molecule has 0 saturated heterocycles. The summed E-state index contributed by atoms with van der Waals surface area (Å²) < 4.78 is 6.88. The van der Waals surface area contributed by atoms with E-state index in [-0.39, 0.29) is 11.6 Å². The lowest BCUT2D eigenvalue weighted by Gasteiger charge is -2.20. The van der Waals surface area contributed by atoms with Gasteiger partial charge in [-0.1, -0.05) is 0 Å². The van der Waals surface area contributed by atoms with Crippen LogP contribution in [0.25, 0.3) is 0 Å². The summed E-state index contributed by atoms with van der Waals surface area (Å²) in [5.41, 5.74) is 0.0568. The third kappa shape index (κ3) is 3.86. The quantitative estimate of drug-likeness (QED) is 0.805. The molecule has 6 nitrogen and oxygen atoms in total. The van der Waals surface area contributed by atoms with Crippen molar-refractivity contribution in [2.45, 2.75) is 45.8 Å². The van der Waals surface area contributed by atoms with Crippen LogP contribution >= 0.6 is 0 Å². The minimum Gasteiger partial charge on any atom is -0.382 e. The number of hydrogen-bond donors (Lipinski definition) is 1. The second-order valence-corrected chi connectivity index (χ2v) is 4.95. The van der Waals surface area contributed by atoms with Gasteiger partial charge in [0.1, 0.15) is 0 Å². The molecule has 1 atom stereocenters. The Bertz CT molecular complexity index is 317. The minimum absolute atomic E-state index is 0.0568. The fourth-order valence-corrected chi connectivity index (χ4v) is 1.33. The van der Waals surface area contributed by atoms with E-state index in [2.05, 4.69) is 41.6 Å². The van der Waals surface area contributed by atoms with Gasteiger partial charge in [-0.05, 0) is 38.1 Å². The number of nitrogens with one attached hydrogen (secondary N) is 1. The van der Waals surface area contributed by atoms with Gasteiger partial charge >= 0.3 is 0 Å². The molecule has 0 aliphatic heterocycles. The van der Waals surface area contributed by atoms with Crippen molar-refractivity contribution in [3.05, 3.63) is 5.82 Å². The van der Waals surface area contributed by atoms with E-state index in [1.54, 1.807) is 11.8 Å². The Morgan fingerprint density at radius 1 is 1.44 bits per heavy atom. The van der Waals surface area contributed by atoms with Crippen molar-refractivity contribution in [3.8, 4) is 0 Å². The van der Waals surface area contributed by atoms with E-state index in [0.29, 0.717) is 13.2 Å². The first-order chi connectivity index (χ1) is 7.44. The summed E-state index contributed by atoms with van der Waals surface area (Å²) in [4.78, 5) is 0. The third-order valence-corrected chi connectivity index (χ3v) is 2.16. The van der Waals surface area contributed by atoms with Crippen LogP contribution in [0.1, 0.15) is 39.6 Å². The maximum Gasteiger partial charge on any atom is 0.165 e. The highest BCUT2D eigenvalue weighted by molar-refractivity contribution is 4.85. The first-order valence-electron chi connectivity index (χ1n) is 5.45. The van der Waals surface area contributed by atoms with Crippen LogP contribution in [0.3, 0.4) is 0 Å². The van der Waals surface area contributed by atoms with Crippen molar-refractivity contribution in [1.29, 1.82) is 0 Å². The van der Waals surface area contributed by atoms with Gasteiger partial charge in [0.2, 0.25) is 0 Å². The number of nitrogens with zero attached hydrogens (tertiary/aromatic N) is 4. The first-order valence-corrected chi connectivity index (χ1v) is 5.45. The lowest BCUT2D eigenvalue weighted by Crippen LogP contribution is -2.36. The minimum atomic E-state index is 0.0568. The van der Waals surface area contributed by atoms with Crippen molar-refractivity contribution in [2.75, 3.05) is 13.7 Å². The Morgan fingerprint density at radius 2 is 2.12 bits per heavy atom. The lowest BCUT2D eigenvalue weighted by molar-refractivity contribution is 0.154. The molecule has 16 heavy (non-hydrogen) atoms. The van der Waals surface area contributed by atoms with E-state index in [4.69, 9.17) is 4.74 Å². The van der Waals surface area contributed by atoms with E-state index in [1.165, 1.54) is 0 Å². The average Bonchev–Trinajstić information content (AvgIpc) is 2.61. The molecule has 1 N–H and O–H groups in total. The van der Waals surface area contributed by atoms with Gasteiger partial charge in [0, 0.05) is 12.6 Å². The molecule has 6 heteroatoms. The number of aromatic nitrogens is 4. The number of tetrazole rings is 1. The molecule has 92 valence electrons. The van der Waals surface area contributed by atoms with Gasteiger partial charge in [0.05, 0.1) is 19.2 Å². The van der Waals surface area contributed by atoms with Crippen molar-refractivity contribution in [2.24, 2.45) is 0 Å². The Labute approximate surface area is 96.4 Å². The maximum atomic E-state index is 5.09. The zero-order valence-electron chi connectivity index (χ0n) is 10.7. The molecule has 0 bridgehead atoms. The van der Waals surface area contributed by atoms with Gasteiger partial charge in [-0.3, -0.25) is 0 Å². The Kier molecular flexibility index (Phi) is 4.37. The summed E-state index contributed by atoms with van der Waals surface area (Å²) in [6.45, 7) is 9.62. The summed E-state index contributed by atoms with van der Waals surface area (Å²) in [6.07, 6.45) is 0. The number of methoxy groups -OCH3 is 1. The van der Waals surface area contributed by atoms with Crippen LogP contribution in [0.4, 0.5) is 0 Å². The zero-order valence-corrected chi connectivity index (χ0v) is 10.7.